The van der Waals surface area contributed by atoms with Crippen LogP contribution in [0.5, 0.6) is 0 Å². The molecule has 0 aliphatic carbocycles. The van der Waals surface area contributed by atoms with Crippen LogP contribution in [0.1, 0.15) is 16.1 Å². The highest BCUT2D eigenvalue weighted by molar-refractivity contribution is 7.07. The molecule has 16 heavy (non-hydrogen) atoms. The lowest BCUT2D eigenvalue weighted by atomic mass is 10.1. The second-order valence-electron chi connectivity index (χ2n) is 3.22. The molecule has 0 saturated heterocycles. The van der Waals surface area contributed by atoms with Crippen LogP contribution in [0.2, 0.25) is 10.0 Å². The van der Waals surface area contributed by atoms with E-state index in [1.165, 1.54) is 11.3 Å². The molecular formula is C11H7Cl2NOS. The van der Waals surface area contributed by atoms with E-state index in [4.69, 9.17) is 23.2 Å². The Hall–Kier alpha value is -0.900. The van der Waals surface area contributed by atoms with Gasteiger partial charge in [-0.25, -0.2) is 4.98 Å². The van der Waals surface area contributed by atoms with Gasteiger partial charge < -0.3 is 0 Å². The molecular weight excluding hydrogens is 265 g/mol. The topological polar surface area (TPSA) is 30.0 Å². The normalized spacial score (nSPS) is 10.4. The van der Waals surface area contributed by atoms with Gasteiger partial charge in [-0.2, -0.15) is 0 Å². The van der Waals surface area contributed by atoms with Gasteiger partial charge in [-0.3, -0.25) is 4.79 Å². The maximum Gasteiger partial charge on any atom is 0.186 e. The van der Waals surface area contributed by atoms with Crippen LogP contribution < -0.4 is 0 Å². The van der Waals surface area contributed by atoms with E-state index in [2.05, 4.69) is 4.98 Å². The van der Waals surface area contributed by atoms with Gasteiger partial charge in [0.2, 0.25) is 0 Å². The van der Waals surface area contributed by atoms with E-state index in [0.29, 0.717) is 22.2 Å². The Balaban J connectivity index is 2.15. The molecule has 0 amide bonds. The monoisotopic (exact) mass is 271 g/mol. The molecule has 2 aromatic rings. The smallest absolute Gasteiger partial charge is 0.186 e. The van der Waals surface area contributed by atoms with Gasteiger partial charge in [0.25, 0.3) is 0 Å². The average Bonchev–Trinajstić information content (AvgIpc) is 2.77. The number of halogens is 2. The zero-order chi connectivity index (χ0) is 11.5. The van der Waals surface area contributed by atoms with Crippen LogP contribution in [0.25, 0.3) is 0 Å². The van der Waals surface area contributed by atoms with Crippen molar-refractivity contribution in [3.8, 4) is 0 Å². The summed E-state index contributed by atoms with van der Waals surface area (Å²) in [4.78, 5) is 15.7. The number of Topliss-reactive ketones (excluding diaryl/α,β-unsaturated/α-hetero) is 1. The number of ketones is 1. The van der Waals surface area contributed by atoms with Crippen LogP contribution in [0.15, 0.2) is 29.1 Å². The predicted octanol–water partition coefficient (Wildman–Crippen LogP) is 3.88. The van der Waals surface area contributed by atoms with E-state index in [0.717, 1.165) is 5.56 Å². The van der Waals surface area contributed by atoms with Crippen molar-refractivity contribution >= 4 is 40.3 Å². The van der Waals surface area contributed by atoms with Crippen LogP contribution in [-0.2, 0) is 6.42 Å². The van der Waals surface area contributed by atoms with Gasteiger partial charge in [-0.1, -0.05) is 29.3 Å². The van der Waals surface area contributed by atoms with E-state index in [1.807, 2.05) is 0 Å². The van der Waals surface area contributed by atoms with Crippen LogP contribution in [0.4, 0.5) is 0 Å². The number of thiazole rings is 1. The number of benzene rings is 1. The molecule has 5 heteroatoms. The first-order valence-corrected chi connectivity index (χ1v) is 6.22. The van der Waals surface area contributed by atoms with Crippen molar-refractivity contribution in [2.45, 2.75) is 6.42 Å². The molecule has 1 aromatic heterocycles. The summed E-state index contributed by atoms with van der Waals surface area (Å²) in [7, 11) is 0. The van der Waals surface area contributed by atoms with Gasteiger partial charge in [0.05, 0.1) is 15.6 Å². The molecule has 0 saturated carbocycles. The molecule has 0 spiro atoms. The predicted molar refractivity (Wildman–Crippen MR) is 66.6 cm³/mol. The van der Waals surface area contributed by atoms with Gasteiger partial charge in [0.1, 0.15) is 5.69 Å². The Kier molecular flexibility index (Phi) is 3.59. The van der Waals surface area contributed by atoms with Gasteiger partial charge >= 0.3 is 0 Å². The van der Waals surface area contributed by atoms with E-state index < -0.39 is 0 Å². The van der Waals surface area contributed by atoms with Crippen molar-refractivity contribution in [2.75, 3.05) is 0 Å². The largest absolute Gasteiger partial charge is 0.292 e. The molecule has 0 radical (unpaired) electrons. The van der Waals surface area contributed by atoms with Gasteiger partial charge in [0, 0.05) is 11.8 Å². The number of carbonyl (C=O) groups is 1. The highest BCUT2D eigenvalue weighted by Crippen LogP contribution is 2.23. The fourth-order valence-electron chi connectivity index (χ4n) is 1.28. The van der Waals surface area contributed by atoms with E-state index in [1.54, 1.807) is 29.1 Å². The van der Waals surface area contributed by atoms with Crippen molar-refractivity contribution in [2.24, 2.45) is 0 Å². The highest BCUT2D eigenvalue weighted by Gasteiger charge is 2.09. The zero-order valence-electron chi connectivity index (χ0n) is 8.11. The molecule has 1 heterocycles. The Morgan fingerprint density at radius 3 is 2.75 bits per heavy atom. The lowest BCUT2D eigenvalue weighted by Gasteiger charge is -2.01. The zero-order valence-corrected chi connectivity index (χ0v) is 10.4. The van der Waals surface area contributed by atoms with Crippen molar-refractivity contribution in [3.05, 3.63) is 50.4 Å². The first kappa shape index (κ1) is 11.6. The number of hydrogen-bond acceptors (Lipinski definition) is 3. The van der Waals surface area contributed by atoms with Gasteiger partial charge in [0.15, 0.2) is 5.78 Å². The van der Waals surface area contributed by atoms with E-state index in [-0.39, 0.29) is 5.78 Å². The lowest BCUT2D eigenvalue weighted by Crippen LogP contribution is -2.03. The summed E-state index contributed by atoms with van der Waals surface area (Å²) >= 11 is 13.1. The minimum Gasteiger partial charge on any atom is -0.292 e. The van der Waals surface area contributed by atoms with Crippen LogP contribution in [0.3, 0.4) is 0 Å². The summed E-state index contributed by atoms with van der Waals surface area (Å²) in [6.07, 6.45) is 0.292. The number of aromatic nitrogens is 1. The molecule has 82 valence electrons. The Morgan fingerprint density at radius 2 is 2.12 bits per heavy atom. The van der Waals surface area contributed by atoms with E-state index >= 15 is 0 Å². The van der Waals surface area contributed by atoms with Gasteiger partial charge in [-0.05, 0) is 17.7 Å². The van der Waals surface area contributed by atoms with Crippen molar-refractivity contribution in [1.29, 1.82) is 0 Å². The molecule has 0 atom stereocenters. The number of hydrogen-bond donors (Lipinski definition) is 0. The standard InChI is InChI=1S/C11H7Cl2NOS/c12-8-2-1-7(3-9(8)13)4-11(15)10-5-16-6-14-10/h1-3,5-6H,4H2. The molecule has 1 aromatic carbocycles. The van der Waals surface area contributed by atoms with Crippen LogP contribution in [0, 0.1) is 0 Å². The molecule has 2 nitrogen and oxygen atoms in total. The SMILES string of the molecule is O=C(Cc1ccc(Cl)c(Cl)c1)c1cscn1. The molecule has 0 bridgehead atoms. The Labute approximate surface area is 107 Å². The molecule has 0 unspecified atom stereocenters. The van der Waals surface area contributed by atoms with Gasteiger partial charge in [-0.15, -0.1) is 11.3 Å². The molecule has 0 aliphatic heterocycles. The Bertz CT molecular complexity index is 511. The minimum atomic E-state index is -0.0142. The summed E-state index contributed by atoms with van der Waals surface area (Å²) in [5, 5.41) is 2.69. The van der Waals surface area contributed by atoms with Crippen LogP contribution in [-0.4, -0.2) is 10.8 Å². The summed E-state index contributed by atoms with van der Waals surface area (Å²) in [6, 6.07) is 5.18. The fraction of sp³-hybridized carbons (Fsp3) is 0.0909. The van der Waals surface area contributed by atoms with Crippen LogP contribution >= 0.6 is 34.5 Å². The lowest BCUT2D eigenvalue weighted by molar-refractivity contribution is 0.0989. The third-order valence-electron chi connectivity index (χ3n) is 2.07. The highest BCUT2D eigenvalue weighted by atomic mass is 35.5. The number of carbonyl (C=O) groups excluding carboxylic acids is 1. The molecule has 2 rings (SSSR count). The summed E-state index contributed by atoms with van der Waals surface area (Å²) in [5.74, 6) is -0.0142. The third kappa shape index (κ3) is 2.61. The second-order valence-corrected chi connectivity index (χ2v) is 4.76. The quantitative estimate of drug-likeness (QED) is 0.794. The molecule has 0 fully saturated rings. The number of rotatable bonds is 3. The molecule has 0 N–H and O–H groups in total. The molecule has 0 aliphatic rings. The first-order valence-electron chi connectivity index (χ1n) is 4.52. The Morgan fingerprint density at radius 1 is 1.31 bits per heavy atom. The maximum atomic E-state index is 11.7. The first-order chi connectivity index (χ1) is 7.66. The average molecular weight is 272 g/mol. The number of nitrogens with zero attached hydrogens (tertiary/aromatic N) is 1. The van der Waals surface area contributed by atoms with Crippen molar-refractivity contribution < 1.29 is 4.79 Å². The van der Waals surface area contributed by atoms with E-state index in [9.17, 15) is 4.79 Å². The summed E-state index contributed by atoms with van der Waals surface area (Å²) < 4.78 is 0. The minimum absolute atomic E-state index is 0.0142. The summed E-state index contributed by atoms with van der Waals surface area (Å²) in [5.41, 5.74) is 2.98. The maximum absolute atomic E-state index is 11.7. The van der Waals surface area contributed by atoms with Crippen molar-refractivity contribution in [3.63, 3.8) is 0 Å². The summed E-state index contributed by atoms with van der Waals surface area (Å²) in [6.45, 7) is 0. The second kappa shape index (κ2) is 4.95. The van der Waals surface area contributed by atoms with Crippen molar-refractivity contribution in [1.82, 2.24) is 4.98 Å². The third-order valence-corrected chi connectivity index (χ3v) is 3.39. The fourth-order valence-corrected chi connectivity index (χ4v) is 2.15.